The number of rotatable bonds is 6. The van der Waals surface area contributed by atoms with Gasteiger partial charge in [-0.25, -0.2) is 0 Å². The Morgan fingerprint density at radius 1 is 1.33 bits per heavy atom. The van der Waals surface area contributed by atoms with Gasteiger partial charge in [0.15, 0.2) is 0 Å². The number of hydrogen-bond acceptors (Lipinski definition) is 1. The molecule has 1 nitrogen and oxygen atoms in total. The van der Waals surface area contributed by atoms with Crippen molar-refractivity contribution < 1.29 is 0 Å². The second-order valence-electron chi connectivity index (χ2n) is 7.07. The SMILES string of the molecule is CC1=C(/C=C/C(C)/C=C/C/C(C)=C\CN)C(C)(C)CCC1. The molecular weight excluding hydrogens is 254 g/mol. The lowest BCUT2D eigenvalue weighted by molar-refractivity contribution is 0.376. The maximum absolute atomic E-state index is 5.51. The summed E-state index contributed by atoms with van der Waals surface area (Å²) in [6.07, 6.45) is 16.2. The molecule has 1 aliphatic rings. The van der Waals surface area contributed by atoms with E-state index in [1.807, 2.05) is 0 Å². The average molecular weight is 287 g/mol. The lowest BCUT2D eigenvalue weighted by Crippen LogP contribution is -2.19. The first-order valence-electron chi connectivity index (χ1n) is 8.27. The monoisotopic (exact) mass is 287 g/mol. The van der Waals surface area contributed by atoms with Crippen LogP contribution in [0.2, 0.25) is 0 Å². The summed E-state index contributed by atoms with van der Waals surface area (Å²) in [4.78, 5) is 0. The molecule has 1 unspecified atom stereocenters. The fourth-order valence-electron chi connectivity index (χ4n) is 3.08. The third kappa shape index (κ3) is 6.05. The maximum Gasteiger partial charge on any atom is 0.0109 e. The van der Waals surface area contributed by atoms with Gasteiger partial charge in [-0.05, 0) is 56.4 Å². The van der Waals surface area contributed by atoms with Crippen LogP contribution in [0.4, 0.5) is 0 Å². The van der Waals surface area contributed by atoms with E-state index in [1.165, 1.54) is 24.8 Å². The Morgan fingerprint density at radius 3 is 2.67 bits per heavy atom. The van der Waals surface area contributed by atoms with Crippen molar-refractivity contribution in [3.05, 3.63) is 47.1 Å². The van der Waals surface area contributed by atoms with E-state index in [-0.39, 0.29) is 0 Å². The van der Waals surface area contributed by atoms with Crippen molar-refractivity contribution in [2.45, 2.75) is 60.3 Å². The summed E-state index contributed by atoms with van der Waals surface area (Å²) in [5.41, 5.74) is 10.3. The number of nitrogens with two attached hydrogens (primary N) is 1. The standard InChI is InChI=1S/C20H33N/c1-16(8-6-9-17(2)13-15-21)11-12-19-18(3)10-7-14-20(19,4)5/h6,8,11-13,16H,7,9-10,14-15,21H2,1-5H3/b8-6+,12-11+,17-13-. The minimum atomic E-state index is 0.336. The number of allylic oxidation sites excluding steroid dienone is 7. The third-order valence-corrected chi connectivity index (χ3v) is 4.45. The van der Waals surface area contributed by atoms with Crippen molar-refractivity contribution in [1.82, 2.24) is 0 Å². The van der Waals surface area contributed by atoms with Gasteiger partial charge in [-0.2, -0.15) is 0 Å². The largest absolute Gasteiger partial charge is 0.327 e. The second-order valence-corrected chi connectivity index (χ2v) is 7.07. The summed E-state index contributed by atoms with van der Waals surface area (Å²) in [6, 6.07) is 0. The zero-order chi connectivity index (χ0) is 15.9. The van der Waals surface area contributed by atoms with Gasteiger partial charge in [-0.3, -0.25) is 0 Å². The Bertz CT molecular complexity index is 446. The Morgan fingerprint density at radius 2 is 2.05 bits per heavy atom. The van der Waals surface area contributed by atoms with E-state index in [0.717, 1.165) is 6.42 Å². The van der Waals surface area contributed by atoms with Crippen LogP contribution in [0.15, 0.2) is 47.1 Å². The Labute approximate surface area is 131 Å². The molecule has 0 fully saturated rings. The van der Waals surface area contributed by atoms with Gasteiger partial charge in [0.2, 0.25) is 0 Å². The lowest BCUT2D eigenvalue weighted by Gasteiger charge is -2.33. The third-order valence-electron chi connectivity index (χ3n) is 4.45. The Kier molecular flexibility index (Phi) is 7.17. The van der Waals surface area contributed by atoms with Gasteiger partial charge < -0.3 is 5.73 Å². The lowest BCUT2D eigenvalue weighted by atomic mass is 9.72. The predicted molar refractivity (Wildman–Crippen MR) is 95.2 cm³/mol. The van der Waals surface area contributed by atoms with Crippen LogP contribution >= 0.6 is 0 Å². The van der Waals surface area contributed by atoms with E-state index in [4.69, 9.17) is 5.73 Å². The number of hydrogen-bond donors (Lipinski definition) is 1. The van der Waals surface area contributed by atoms with Crippen LogP contribution in [-0.2, 0) is 0 Å². The fourth-order valence-corrected chi connectivity index (χ4v) is 3.08. The average Bonchev–Trinajstić information content (AvgIpc) is 2.37. The topological polar surface area (TPSA) is 26.0 Å². The highest BCUT2D eigenvalue weighted by atomic mass is 14.5. The first-order valence-corrected chi connectivity index (χ1v) is 8.27. The highest BCUT2D eigenvalue weighted by molar-refractivity contribution is 5.33. The van der Waals surface area contributed by atoms with E-state index in [0.29, 0.717) is 17.9 Å². The minimum absolute atomic E-state index is 0.336. The molecule has 0 saturated heterocycles. The molecule has 0 amide bonds. The summed E-state index contributed by atoms with van der Waals surface area (Å²) in [7, 11) is 0. The summed E-state index contributed by atoms with van der Waals surface area (Å²) in [5, 5.41) is 0. The summed E-state index contributed by atoms with van der Waals surface area (Å²) in [6.45, 7) is 12.1. The van der Waals surface area contributed by atoms with Crippen molar-refractivity contribution in [3.63, 3.8) is 0 Å². The van der Waals surface area contributed by atoms with Gasteiger partial charge in [0, 0.05) is 6.54 Å². The molecule has 0 radical (unpaired) electrons. The van der Waals surface area contributed by atoms with Crippen LogP contribution in [0.1, 0.15) is 60.3 Å². The molecule has 2 N–H and O–H groups in total. The smallest absolute Gasteiger partial charge is 0.0109 e. The van der Waals surface area contributed by atoms with Crippen LogP contribution in [-0.4, -0.2) is 6.54 Å². The Balaban J connectivity index is 2.63. The van der Waals surface area contributed by atoms with Crippen molar-refractivity contribution in [3.8, 4) is 0 Å². The molecular formula is C20H33N. The maximum atomic E-state index is 5.51. The molecule has 0 aromatic heterocycles. The molecule has 0 bridgehead atoms. The van der Waals surface area contributed by atoms with Crippen molar-refractivity contribution in [2.75, 3.05) is 6.54 Å². The van der Waals surface area contributed by atoms with E-state index in [9.17, 15) is 0 Å². The molecule has 0 aromatic carbocycles. The molecule has 0 aromatic rings. The van der Waals surface area contributed by atoms with Crippen LogP contribution < -0.4 is 5.73 Å². The van der Waals surface area contributed by atoms with Crippen LogP contribution in [0.25, 0.3) is 0 Å². The summed E-state index contributed by atoms with van der Waals surface area (Å²) < 4.78 is 0. The normalized spacial score (nSPS) is 21.5. The highest BCUT2D eigenvalue weighted by Gasteiger charge is 2.26. The zero-order valence-electron chi connectivity index (χ0n) is 14.6. The molecule has 0 heterocycles. The molecule has 0 spiro atoms. The van der Waals surface area contributed by atoms with Crippen molar-refractivity contribution in [2.24, 2.45) is 17.1 Å². The molecule has 1 aliphatic carbocycles. The van der Waals surface area contributed by atoms with Crippen LogP contribution in [0.5, 0.6) is 0 Å². The quantitative estimate of drug-likeness (QED) is 0.636. The van der Waals surface area contributed by atoms with E-state index >= 15 is 0 Å². The second kappa shape index (κ2) is 8.38. The molecule has 21 heavy (non-hydrogen) atoms. The fraction of sp³-hybridized carbons (Fsp3) is 0.600. The van der Waals surface area contributed by atoms with Gasteiger partial charge >= 0.3 is 0 Å². The van der Waals surface area contributed by atoms with Crippen LogP contribution in [0.3, 0.4) is 0 Å². The van der Waals surface area contributed by atoms with Crippen molar-refractivity contribution >= 4 is 0 Å². The molecule has 0 aliphatic heterocycles. The predicted octanol–water partition coefficient (Wildman–Crippen LogP) is 5.56. The van der Waals surface area contributed by atoms with Gasteiger partial charge in [-0.1, -0.05) is 62.3 Å². The van der Waals surface area contributed by atoms with E-state index < -0.39 is 0 Å². The molecule has 1 rings (SSSR count). The summed E-state index contributed by atoms with van der Waals surface area (Å²) in [5.74, 6) is 0.480. The van der Waals surface area contributed by atoms with E-state index in [2.05, 4.69) is 65.0 Å². The first kappa shape index (κ1) is 18.0. The summed E-state index contributed by atoms with van der Waals surface area (Å²) >= 11 is 0. The molecule has 0 saturated carbocycles. The van der Waals surface area contributed by atoms with Gasteiger partial charge in [0.05, 0.1) is 0 Å². The molecule has 1 atom stereocenters. The van der Waals surface area contributed by atoms with Gasteiger partial charge in [-0.15, -0.1) is 0 Å². The Hall–Kier alpha value is -1.08. The minimum Gasteiger partial charge on any atom is -0.327 e. The van der Waals surface area contributed by atoms with Crippen LogP contribution in [0, 0.1) is 11.3 Å². The molecule has 1 heteroatoms. The van der Waals surface area contributed by atoms with Crippen molar-refractivity contribution in [1.29, 1.82) is 0 Å². The van der Waals surface area contributed by atoms with E-state index in [1.54, 1.807) is 11.1 Å². The van der Waals surface area contributed by atoms with Gasteiger partial charge in [0.1, 0.15) is 0 Å². The van der Waals surface area contributed by atoms with Gasteiger partial charge in [0.25, 0.3) is 0 Å². The highest BCUT2D eigenvalue weighted by Crippen LogP contribution is 2.40. The zero-order valence-corrected chi connectivity index (χ0v) is 14.6. The first-order chi connectivity index (χ1) is 9.86. The molecule has 118 valence electrons.